The molecule has 0 heterocycles. The first-order chi connectivity index (χ1) is 11.8. The van der Waals surface area contributed by atoms with Crippen molar-refractivity contribution in [2.45, 2.75) is 11.8 Å². The molecule has 0 aliphatic rings. The number of carbonyl (C=O) groups excluding carboxylic acids is 2. The molecule has 0 fully saturated rings. The van der Waals surface area contributed by atoms with Gasteiger partial charge in [-0.3, -0.25) is 9.59 Å². The number of ether oxygens (including phenoxy) is 1. The maximum Gasteiger partial charge on any atom is 0.316 e. The Labute approximate surface area is 146 Å². The summed E-state index contributed by atoms with van der Waals surface area (Å²) in [5.41, 5.74) is 0.673. The molecule has 2 aromatic carbocycles. The van der Waals surface area contributed by atoms with Crippen molar-refractivity contribution >= 4 is 29.3 Å². The van der Waals surface area contributed by atoms with Gasteiger partial charge < -0.3 is 10.1 Å². The molecular formula is C17H14F3NO3S. The Morgan fingerprint density at radius 2 is 1.84 bits per heavy atom. The third-order valence-electron chi connectivity index (χ3n) is 3.06. The summed E-state index contributed by atoms with van der Waals surface area (Å²) >= 11 is 0.758. The first-order valence-electron chi connectivity index (χ1n) is 7.14. The molecule has 2 aromatic rings. The lowest BCUT2D eigenvalue weighted by Gasteiger charge is -2.08. The molecule has 25 heavy (non-hydrogen) atoms. The summed E-state index contributed by atoms with van der Waals surface area (Å²) in [6.45, 7) is 1.02. The van der Waals surface area contributed by atoms with E-state index < -0.39 is 35.9 Å². The number of thioether (sulfide) groups is 1. The summed E-state index contributed by atoms with van der Waals surface area (Å²) in [6, 6.07) is 7.05. The largest absolute Gasteiger partial charge is 0.455 e. The molecule has 0 unspecified atom stereocenters. The number of aryl methyl sites for hydroxylation is 1. The molecule has 0 aliphatic heterocycles. The van der Waals surface area contributed by atoms with Crippen molar-refractivity contribution in [1.82, 2.24) is 0 Å². The molecule has 0 radical (unpaired) electrons. The summed E-state index contributed by atoms with van der Waals surface area (Å²) in [5, 5.41) is 2.38. The van der Waals surface area contributed by atoms with Crippen LogP contribution in [-0.2, 0) is 14.3 Å². The highest BCUT2D eigenvalue weighted by Gasteiger charge is 2.11. The van der Waals surface area contributed by atoms with Crippen LogP contribution in [-0.4, -0.2) is 24.2 Å². The number of benzene rings is 2. The maximum atomic E-state index is 13.4. The van der Waals surface area contributed by atoms with E-state index in [-0.39, 0.29) is 16.3 Å². The highest BCUT2D eigenvalue weighted by molar-refractivity contribution is 8.00. The van der Waals surface area contributed by atoms with Gasteiger partial charge in [0.05, 0.1) is 5.75 Å². The predicted molar refractivity (Wildman–Crippen MR) is 87.8 cm³/mol. The Hall–Kier alpha value is -2.48. The lowest BCUT2D eigenvalue weighted by Crippen LogP contribution is -2.21. The maximum absolute atomic E-state index is 13.4. The lowest BCUT2D eigenvalue weighted by molar-refractivity contribution is -0.144. The molecule has 0 saturated heterocycles. The fourth-order valence-corrected chi connectivity index (χ4v) is 2.54. The number of nitrogens with one attached hydrogen (secondary N) is 1. The number of anilines is 1. The summed E-state index contributed by atoms with van der Waals surface area (Å²) < 4.78 is 44.5. The molecule has 0 saturated carbocycles. The second-order valence-electron chi connectivity index (χ2n) is 5.04. The fraction of sp³-hybridized carbons (Fsp3) is 0.176. The average molecular weight is 369 g/mol. The van der Waals surface area contributed by atoms with Gasteiger partial charge in [-0.2, -0.15) is 0 Å². The third-order valence-corrected chi connectivity index (χ3v) is 4.06. The lowest BCUT2D eigenvalue weighted by atomic mass is 10.2. The molecule has 0 atom stereocenters. The molecule has 0 spiro atoms. The van der Waals surface area contributed by atoms with E-state index in [1.165, 1.54) is 12.1 Å². The fourth-order valence-electron chi connectivity index (χ4n) is 1.78. The van der Waals surface area contributed by atoms with E-state index in [1.807, 2.05) is 0 Å². The molecule has 0 bridgehead atoms. The van der Waals surface area contributed by atoms with Crippen LogP contribution in [0.1, 0.15) is 5.56 Å². The zero-order valence-electron chi connectivity index (χ0n) is 13.1. The molecule has 132 valence electrons. The van der Waals surface area contributed by atoms with Crippen molar-refractivity contribution in [2.24, 2.45) is 0 Å². The topological polar surface area (TPSA) is 55.4 Å². The minimum atomic E-state index is -0.765. The van der Waals surface area contributed by atoms with E-state index in [4.69, 9.17) is 4.74 Å². The van der Waals surface area contributed by atoms with Crippen molar-refractivity contribution in [3.63, 3.8) is 0 Å². The first-order valence-corrected chi connectivity index (χ1v) is 8.13. The Morgan fingerprint density at radius 1 is 1.08 bits per heavy atom. The number of hydrogen-bond acceptors (Lipinski definition) is 4. The zero-order valence-corrected chi connectivity index (χ0v) is 14.0. The molecule has 2 rings (SSSR count). The first kappa shape index (κ1) is 18.9. The van der Waals surface area contributed by atoms with Gasteiger partial charge in [0.15, 0.2) is 6.61 Å². The van der Waals surface area contributed by atoms with E-state index in [1.54, 1.807) is 6.92 Å². The summed E-state index contributed by atoms with van der Waals surface area (Å²) in [4.78, 5) is 23.2. The summed E-state index contributed by atoms with van der Waals surface area (Å²) in [5.74, 6) is -3.44. The van der Waals surface area contributed by atoms with Crippen molar-refractivity contribution in [2.75, 3.05) is 17.7 Å². The highest BCUT2D eigenvalue weighted by Crippen LogP contribution is 2.22. The number of esters is 1. The van der Waals surface area contributed by atoms with Gasteiger partial charge in [-0.25, -0.2) is 13.2 Å². The van der Waals surface area contributed by atoms with Crippen molar-refractivity contribution in [1.29, 1.82) is 0 Å². The van der Waals surface area contributed by atoms with Gasteiger partial charge in [0.2, 0.25) is 0 Å². The second kappa shape index (κ2) is 8.57. The Bertz CT molecular complexity index is 799. The number of amides is 1. The van der Waals surface area contributed by atoms with E-state index in [0.717, 1.165) is 36.0 Å². The summed E-state index contributed by atoms with van der Waals surface area (Å²) in [6.07, 6.45) is 0. The van der Waals surface area contributed by atoms with E-state index >= 15 is 0 Å². The molecule has 1 N–H and O–H groups in total. The summed E-state index contributed by atoms with van der Waals surface area (Å²) in [7, 11) is 0. The minimum Gasteiger partial charge on any atom is -0.455 e. The molecule has 0 aromatic heterocycles. The van der Waals surface area contributed by atoms with Crippen LogP contribution in [0.2, 0.25) is 0 Å². The van der Waals surface area contributed by atoms with Crippen LogP contribution in [0.3, 0.4) is 0 Å². The van der Waals surface area contributed by atoms with Crippen LogP contribution in [0.25, 0.3) is 0 Å². The number of hydrogen-bond donors (Lipinski definition) is 1. The monoisotopic (exact) mass is 369 g/mol. The second-order valence-corrected chi connectivity index (χ2v) is 6.05. The predicted octanol–water partition coefficient (Wildman–Crippen LogP) is 3.69. The molecule has 4 nitrogen and oxygen atoms in total. The van der Waals surface area contributed by atoms with Crippen molar-refractivity contribution < 1.29 is 27.5 Å². The Kier molecular flexibility index (Phi) is 6.46. The quantitative estimate of drug-likeness (QED) is 0.623. The van der Waals surface area contributed by atoms with E-state index in [2.05, 4.69) is 5.32 Å². The van der Waals surface area contributed by atoms with Gasteiger partial charge in [-0.1, -0.05) is 6.07 Å². The Balaban J connectivity index is 1.78. The Morgan fingerprint density at radius 3 is 2.56 bits per heavy atom. The number of carbonyl (C=O) groups is 2. The van der Waals surface area contributed by atoms with Crippen LogP contribution < -0.4 is 5.32 Å². The SMILES string of the molecule is Cc1ccc(NC(=O)COC(=O)CSc2cc(F)ccc2F)cc1F. The van der Waals surface area contributed by atoms with Crippen LogP contribution in [0, 0.1) is 24.4 Å². The average Bonchev–Trinajstić information content (AvgIpc) is 2.57. The van der Waals surface area contributed by atoms with Crippen molar-refractivity contribution in [3.8, 4) is 0 Å². The van der Waals surface area contributed by atoms with Gasteiger partial charge in [-0.05, 0) is 42.8 Å². The molecular weight excluding hydrogens is 355 g/mol. The van der Waals surface area contributed by atoms with Gasteiger partial charge >= 0.3 is 5.97 Å². The van der Waals surface area contributed by atoms with E-state index in [9.17, 15) is 22.8 Å². The third kappa shape index (κ3) is 5.82. The highest BCUT2D eigenvalue weighted by atomic mass is 32.2. The van der Waals surface area contributed by atoms with Crippen LogP contribution in [0.4, 0.5) is 18.9 Å². The minimum absolute atomic E-state index is 0.0310. The van der Waals surface area contributed by atoms with Crippen LogP contribution in [0.5, 0.6) is 0 Å². The smallest absolute Gasteiger partial charge is 0.316 e. The van der Waals surface area contributed by atoms with Gasteiger partial charge in [0.25, 0.3) is 5.91 Å². The molecule has 0 aliphatic carbocycles. The number of rotatable bonds is 6. The standard InChI is InChI=1S/C17H14F3NO3S/c1-10-2-4-12(7-14(10)20)21-16(22)8-24-17(23)9-25-15-6-11(18)3-5-13(15)19/h2-7H,8-9H2,1H3,(H,21,22). The number of halogens is 3. The van der Waals surface area contributed by atoms with Crippen LogP contribution >= 0.6 is 11.8 Å². The van der Waals surface area contributed by atoms with E-state index in [0.29, 0.717) is 5.56 Å². The van der Waals surface area contributed by atoms with Gasteiger partial charge in [0, 0.05) is 10.6 Å². The zero-order chi connectivity index (χ0) is 18.4. The van der Waals surface area contributed by atoms with Crippen LogP contribution in [0.15, 0.2) is 41.3 Å². The normalized spacial score (nSPS) is 10.4. The van der Waals surface area contributed by atoms with Gasteiger partial charge in [-0.15, -0.1) is 11.8 Å². The van der Waals surface area contributed by atoms with Crippen molar-refractivity contribution in [3.05, 3.63) is 59.4 Å². The molecule has 8 heteroatoms. The van der Waals surface area contributed by atoms with Gasteiger partial charge in [0.1, 0.15) is 17.5 Å². The molecule has 1 amide bonds.